The minimum atomic E-state index is -0.386. The van der Waals surface area contributed by atoms with Crippen molar-refractivity contribution < 1.29 is 9.53 Å². The molecule has 3 nitrogen and oxygen atoms in total. The molecule has 78 valence electrons. The van der Waals surface area contributed by atoms with E-state index in [0.717, 1.165) is 24.2 Å². The van der Waals surface area contributed by atoms with Gasteiger partial charge < -0.3 is 4.74 Å². The van der Waals surface area contributed by atoms with E-state index in [2.05, 4.69) is 4.99 Å². The maximum atomic E-state index is 10.4. The summed E-state index contributed by atoms with van der Waals surface area (Å²) >= 11 is 0. The zero-order valence-corrected chi connectivity index (χ0v) is 8.91. The summed E-state index contributed by atoms with van der Waals surface area (Å²) in [5.41, 5.74) is 1.95. The summed E-state index contributed by atoms with van der Waals surface area (Å²) in [7, 11) is 1.65. The van der Waals surface area contributed by atoms with E-state index >= 15 is 0 Å². The maximum Gasteiger partial charge on any atom is 0.235 e. The van der Waals surface area contributed by atoms with Crippen molar-refractivity contribution in [2.75, 3.05) is 7.11 Å². The van der Waals surface area contributed by atoms with Gasteiger partial charge in [-0.3, -0.25) is 0 Å². The Labute approximate surface area is 88.8 Å². The lowest BCUT2D eigenvalue weighted by Crippen LogP contribution is -2.14. The molecule has 0 fully saturated rings. The largest absolute Gasteiger partial charge is 0.497 e. The molecule has 0 aliphatic heterocycles. The van der Waals surface area contributed by atoms with Crippen LogP contribution < -0.4 is 4.74 Å². The van der Waals surface area contributed by atoms with Crippen LogP contribution in [0.4, 0.5) is 0 Å². The van der Waals surface area contributed by atoms with Crippen LogP contribution in [0.5, 0.6) is 5.75 Å². The fraction of sp³-hybridized carbons (Fsp3) is 0.417. The first kappa shape index (κ1) is 9.94. The lowest BCUT2D eigenvalue weighted by atomic mass is 9.95. The van der Waals surface area contributed by atoms with Gasteiger partial charge in [-0.1, -0.05) is 6.07 Å². The van der Waals surface area contributed by atoms with Crippen LogP contribution >= 0.6 is 0 Å². The van der Waals surface area contributed by atoms with E-state index in [0.29, 0.717) is 0 Å². The Balaban J connectivity index is 2.48. The van der Waals surface area contributed by atoms with Crippen LogP contribution in [-0.2, 0) is 16.8 Å². The fourth-order valence-corrected chi connectivity index (χ4v) is 2.16. The first-order valence-electron chi connectivity index (χ1n) is 4.96. The van der Waals surface area contributed by atoms with E-state index in [1.807, 2.05) is 25.1 Å². The molecule has 0 bridgehead atoms. The number of aliphatic imine (C=N–C) groups is 1. The summed E-state index contributed by atoms with van der Waals surface area (Å²) in [6.45, 7) is 1.97. The topological polar surface area (TPSA) is 38.7 Å². The van der Waals surface area contributed by atoms with Crippen LogP contribution in [0.1, 0.15) is 24.5 Å². The Hall–Kier alpha value is -1.60. The highest BCUT2D eigenvalue weighted by Crippen LogP contribution is 2.40. The number of rotatable bonds is 2. The van der Waals surface area contributed by atoms with Gasteiger partial charge in [0.05, 0.1) is 12.6 Å². The molecule has 1 aromatic rings. The number of aryl methyl sites for hydroxylation is 1. The first-order valence-corrected chi connectivity index (χ1v) is 4.96. The van der Waals surface area contributed by atoms with Gasteiger partial charge in [0, 0.05) is 0 Å². The third-order valence-corrected chi connectivity index (χ3v) is 3.07. The molecule has 2 rings (SSSR count). The molecule has 0 saturated heterocycles. The van der Waals surface area contributed by atoms with Crippen molar-refractivity contribution in [3.05, 3.63) is 29.3 Å². The number of hydrogen-bond donors (Lipinski definition) is 0. The van der Waals surface area contributed by atoms with E-state index in [4.69, 9.17) is 4.74 Å². The van der Waals surface area contributed by atoms with Crippen molar-refractivity contribution in [3.8, 4) is 5.75 Å². The van der Waals surface area contributed by atoms with Crippen molar-refractivity contribution >= 4 is 6.08 Å². The molecular weight excluding hydrogens is 190 g/mol. The van der Waals surface area contributed by atoms with Gasteiger partial charge in [-0.05, 0) is 43.0 Å². The molecule has 0 radical (unpaired) electrons. The van der Waals surface area contributed by atoms with E-state index in [9.17, 15) is 4.79 Å². The van der Waals surface area contributed by atoms with Crippen LogP contribution in [0.2, 0.25) is 0 Å². The number of carbonyl (C=O) groups excluding carboxylic acids is 1. The molecule has 0 saturated carbocycles. The number of benzene rings is 1. The van der Waals surface area contributed by atoms with E-state index in [1.54, 1.807) is 13.2 Å². The Morgan fingerprint density at radius 2 is 2.33 bits per heavy atom. The zero-order valence-electron chi connectivity index (χ0n) is 8.91. The van der Waals surface area contributed by atoms with Gasteiger partial charge in [-0.25, -0.2) is 4.79 Å². The van der Waals surface area contributed by atoms with Crippen molar-refractivity contribution in [1.82, 2.24) is 0 Å². The number of methoxy groups -OCH3 is 1. The van der Waals surface area contributed by atoms with Crippen molar-refractivity contribution in [3.63, 3.8) is 0 Å². The fourth-order valence-electron chi connectivity index (χ4n) is 2.16. The Morgan fingerprint density at radius 1 is 1.53 bits per heavy atom. The molecule has 0 heterocycles. The second-order valence-electron chi connectivity index (χ2n) is 4.00. The molecule has 0 spiro atoms. The predicted octanol–water partition coefficient (Wildman–Crippen LogP) is 2.19. The molecule has 3 heteroatoms. The lowest BCUT2D eigenvalue weighted by Gasteiger charge is -2.17. The van der Waals surface area contributed by atoms with Gasteiger partial charge in [0.2, 0.25) is 6.08 Å². The summed E-state index contributed by atoms with van der Waals surface area (Å²) in [5.74, 6) is 0.855. The summed E-state index contributed by atoms with van der Waals surface area (Å²) in [4.78, 5) is 14.3. The van der Waals surface area contributed by atoms with Gasteiger partial charge in [0.25, 0.3) is 0 Å². The van der Waals surface area contributed by atoms with Crippen LogP contribution in [0.3, 0.4) is 0 Å². The first-order chi connectivity index (χ1) is 7.19. The molecule has 0 aromatic heterocycles. The maximum absolute atomic E-state index is 10.4. The van der Waals surface area contributed by atoms with E-state index < -0.39 is 0 Å². The summed E-state index contributed by atoms with van der Waals surface area (Å²) < 4.78 is 5.16. The van der Waals surface area contributed by atoms with Crippen molar-refractivity contribution in [2.24, 2.45) is 4.99 Å². The number of ether oxygens (including phenoxy) is 1. The highest BCUT2D eigenvalue weighted by atomic mass is 16.5. The summed E-state index contributed by atoms with van der Waals surface area (Å²) in [6.07, 6.45) is 3.47. The highest BCUT2D eigenvalue weighted by molar-refractivity contribution is 5.46. The normalized spacial score (nSPS) is 23.1. The average molecular weight is 203 g/mol. The van der Waals surface area contributed by atoms with Crippen molar-refractivity contribution in [1.29, 1.82) is 0 Å². The second kappa shape index (κ2) is 3.52. The highest BCUT2D eigenvalue weighted by Gasteiger charge is 2.34. The van der Waals surface area contributed by atoms with E-state index in [1.165, 1.54) is 5.56 Å². The summed E-state index contributed by atoms with van der Waals surface area (Å²) in [5, 5.41) is 0. The predicted molar refractivity (Wildman–Crippen MR) is 56.8 cm³/mol. The standard InChI is InChI=1S/C12H13NO2/c1-12(13-8-14)6-5-9-7-10(15-2)3-4-11(9)12/h3-4,7H,5-6H2,1-2H3. The smallest absolute Gasteiger partial charge is 0.235 e. The third kappa shape index (κ3) is 1.55. The molecular formula is C12H13NO2. The Kier molecular flexibility index (Phi) is 2.33. The monoisotopic (exact) mass is 203 g/mol. The minimum absolute atomic E-state index is 0.386. The molecule has 1 aliphatic carbocycles. The SMILES string of the molecule is COc1ccc2c(c1)CCC2(C)N=C=O. The molecule has 15 heavy (non-hydrogen) atoms. The Morgan fingerprint density at radius 3 is 3.00 bits per heavy atom. The molecule has 1 aliphatic rings. The third-order valence-electron chi connectivity index (χ3n) is 3.07. The second-order valence-corrected chi connectivity index (χ2v) is 4.00. The van der Waals surface area contributed by atoms with Gasteiger partial charge in [0.1, 0.15) is 5.75 Å². The van der Waals surface area contributed by atoms with Crippen LogP contribution in [0, 0.1) is 0 Å². The van der Waals surface area contributed by atoms with Gasteiger partial charge >= 0.3 is 0 Å². The quantitative estimate of drug-likeness (QED) is 0.546. The lowest BCUT2D eigenvalue weighted by molar-refractivity contribution is 0.414. The van der Waals surface area contributed by atoms with E-state index in [-0.39, 0.29) is 5.54 Å². The average Bonchev–Trinajstić information content (AvgIpc) is 2.57. The molecule has 1 unspecified atom stereocenters. The van der Waals surface area contributed by atoms with Crippen LogP contribution in [-0.4, -0.2) is 13.2 Å². The minimum Gasteiger partial charge on any atom is -0.497 e. The zero-order chi connectivity index (χ0) is 10.9. The van der Waals surface area contributed by atoms with Crippen LogP contribution in [0.25, 0.3) is 0 Å². The van der Waals surface area contributed by atoms with Gasteiger partial charge in [-0.15, -0.1) is 0 Å². The number of nitrogens with zero attached hydrogens (tertiary/aromatic N) is 1. The molecule has 0 N–H and O–H groups in total. The molecule has 1 atom stereocenters. The van der Waals surface area contributed by atoms with Crippen LogP contribution in [0.15, 0.2) is 23.2 Å². The number of isocyanates is 1. The molecule has 1 aromatic carbocycles. The number of hydrogen-bond acceptors (Lipinski definition) is 3. The Bertz CT molecular complexity index is 435. The van der Waals surface area contributed by atoms with Gasteiger partial charge in [-0.2, -0.15) is 4.99 Å². The number of fused-ring (bicyclic) bond motifs is 1. The summed E-state index contributed by atoms with van der Waals surface area (Å²) in [6, 6.07) is 5.91. The molecule has 0 amide bonds. The van der Waals surface area contributed by atoms with Crippen molar-refractivity contribution in [2.45, 2.75) is 25.3 Å². The van der Waals surface area contributed by atoms with Gasteiger partial charge in [0.15, 0.2) is 0 Å².